The number of ether oxygens (including phenoxy) is 1. The van der Waals surface area contributed by atoms with E-state index in [9.17, 15) is 4.79 Å². The zero-order valence-electron chi connectivity index (χ0n) is 9.32. The summed E-state index contributed by atoms with van der Waals surface area (Å²) in [6.07, 6.45) is 0.826. The minimum Gasteiger partial charge on any atom is -0.385 e. The van der Waals surface area contributed by atoms with Gasteiger partial charge in [0.2, 0.25) is 0 Å². The van der Waals surface area contributed by atoms with Gasteiger partial charge in [-0.2, -0.15) is 4.37 Å². The van der Waals surface area contributed by atoms with E-state index in [4.69, 9.17) is 16.2 Å². The first-order valence-corrected chi connectivity index (χ1v) is 5.64. The Morgan fingerprint density at radius 3 is 2.94 bits per heavy atom. The van der Waals surface area contributed by atoms with Crippen LogP contribution in [0, 0.1) is 0 Å². The van der Waals surface area contributed by atoms with Crippen LogP contribution >= 0.6 is 11.5 Å². The Kier molecular flexibility index (Phi) is 4.51. The normalized spacial score (nSPS) is 12.4. The van der Waals surface area contributed by atoms with Crippen molar-refractivity contribution in [3.63, 3.8) is 0 Å². The number of carbonyl (C=O) groups excluding carboxylic acids is 1. The topological polar surface area (TPSA) is 103 Å². The molecule has 0 aliphatic carbocycles. The highest BCUT2D eigenvalue weighted by Gasteiger charge is 2.17. The molecule has 6 nitrogen and oxygen atoms in total. The summed E-state index contributed by atoms with van der Waals surface area (Å²) in [5.41, 5.74) is 11.0. The molecule has 1 rings (SSSR count). The van der Waals surface area contributed by atoms with Gasteiger partial charge in [0.05, 0.1) is 0 Å². The molecule has 0 aliphatic heterocycles. The molecule has 0 saturated heterocycles. The molecule has 0 radical (unpaired) electrons. The van der Waals surface area contributed by atoms with Crippen molar-refractivity contribution >= 4 is 28.3 Å². The number of primary amides is 1. The number of aromatic nitrogens is 1. The van der Waals surface area contributed by atoms with Gasteiger partial charge in [-0.25, -0.2) is 0 Å². The summed E-state index contributed by atoms with van der Waals surface area (Å²) >= 11 is 1.14. The fourth-order valence-electron chi connectivity index (χ4n) is 1.23. The standard InChI is InChI=1S/C9H16N4O2S/c1-5(3-4-15-2)12-9-6(8(11)14)7(10)13-16-9/h5,12H,3-4H2,1-2H3,(H2,10,13)(H2,11,14). The summed E-state index contributed by atoms with van der Waals surface area (Å²) in [7, 11) is 1.65. The highest BCUT2D eigenvalue weighted by molar-refractivity contribution is 7.11. The first-order valence-electron chi connectivity index (χ1n) is 4.86. The molecule has 16 heavy (non-hydrogen) atoms. The Balaban J connectivity index is 2.70. The van der Waals surface area contributed by atoms with Crippen LogP contribution in [0.2, 0.25) is 0 Å². The Morgan fingerprint density at radius 1 is 1.69 bits per heavy atom. The SMILES string of the molecule is COCCC(C)Nc1snc(N)c1C(N)=O. The Bertz CT molecular complexity index is 366. The number of nitrogens with one attached hydrogen (secondary N) is 1. The van der Waals surface area contributed by atoms with Crippen LogP contribution in [0.25, 0.3) is 0 Å². The fourth-order valence-corrected chi connectivity index (χ4v) is 2.06. The van der Waals surface area contributed by atoms with Crippen molar-refractivity contribution in [2.75, 3.05) is 24.8 Å². The zero-order valence-corrected chi connectivity index (χ0v) is 10.1. The fraction of sp³-hybridized carbons (Fsp3) is 0.556. The van der Waals surface area contributed by atoms with E-state index in [2.05, 4.69) is 9.69 Å². The zero-order chi connectivity index (χ0) is 12.1. The van der Waals surface area contributed by atoms with Crippen molar-refractivity contribution in [3.8, 4) is 0 Å². The number of rotatable bonds is 6. The average molecular weight is 244 g/mol. The second-order valence-electron chi connectivity index (χ2n) is 3.46. The van der Waals surface area contributed by atoms with Gasteiger partial charge < -0.3 is 21.5 Å². The lowest BCUT2D eigenvalue weighted by Gasteiger charge is -2.13. The van der Waals surface area contributed by atoms with Crippen LogP contribution in [-0.4, -0.2) is 30.0 Å². The lowest BCUT2D eigenvalue weighted by Crippen LogP contribution is -2.20. The minimum absolute atomic E-state index is 0.165. The van der Waals surface area contributed by atoms with Gasteiger partial charge in [0, 0.05) is 19.8 Å². The third-order valence-corrected chi connectivity index (χ3v) is 2.89. The number of methoxy groups -OCH3 is 1. The maximum Gasteiger partial charge on any atom is 0.255 e. The number of anilines is 2. The quantitative estimate of drug-likeness (QED) is 0.682. The smallest absolute Gasteiger partial charge is 0.255 e. The second kappa shape index (κ2) is 5.66. The van der Waals surface area contributed by atoms with Gasteiger partial charge >= 0.3 is 0 Å². The van der Waals surface area contributed by atoms with Crippen LogP contribution < -0.4 is 16.8 Å². The number of nitrogens with zero attached hydrogens (tertiary/aromatic N) is 1. The predicted octanol–water partition coefficient (Wildman–Crippen LogP) is 0.661. The molecule has 0 spiro atoms. The first-order chi connectivity index (χ1) is 7.56. The van der Waals surface area contributed by atoms with Gasteiger partial charge in [-0.05, 0) is 24.9 Å². The average Bonchev–Trinajstić information content (AvgIpc) is 2.56. The van der Waals surface area contributed by atoms with E-state index in [1.165, 1.54) is 0 Å². The number of nitrogens with two attached hydrogens (primary N) is 2. The van der Waals surface area contributed by atoms with E-state index in [-0.39, 0.29) is 17.4 Å². The maximum atomic E-state index is 11.1. The Morgan fingerprint density at radius 2 is 2.38 bits per heavy atom. The third-order valence-electron chi connectivity index (χ3n) is 2.10. The van der Waals surface area contributed by atoms with Crippen molar-refractivity contribution in [2.45, 2.75) is 19.4 Å². The Labute approximate surface area is 98.1 Å². The monoisotopic (exact) mass is 244 g/mol. The van der Waals surface area contributed by atoms with Crippen molar-refractivity contribution in [3.05, 3.63) is 5.56 Å². The van der Waals surface area contributed by atoms with E-state index in [0.717, 1.165) is 18.0 Å². The van der Waals surface area contributed by atoms with Crippen molar-refractivity contribution in [1.29, 1.82) is 0 Å². The summed E-state index contributed by atoms with van der Waals surface area (Å²) in [6, 6.07) is 0.165. The highest BCUT2D eigenvalue weighted by atomic mass is 32.1. The summed E-state index contributed by atoms with van der Waals surface area (Å²) < 4.78 is 8.86. The van der Waals surface area contributed by atoms with Gasteiger partial charge in [-0.3, -0.25) is 4.79 Å². The maximum absolute atomic E-state index is 11.1. The first kappa shape index (κ1) is 12.7. The summed E-state index contributed by atoms with van der Waals surface area (Å²) in [4.78, 5) is 11.1. The molecule has 0 fully saturated rings. The lowest BCUT2D eigenvalue weighted by atomic mass is 10.2. The van der Waals surface area contributed by atoms with Crippen molar-refractivity contribution in [2.24, 2.45) is 5.73 Å². The third kappa shape index (κ3) is 3.07. The number of nitrogen functional groups attached to an aromatic ring is 1. The molecule has 5 N–H and O–H groups in total. The van der Waals surface area contributed by atoms with Crippen LogP contribution in [0.15, 0.2) is 0 Å². The molecule has 7 heteroatoms. The van der Waals surface area contributed by atoms with E-state index in [1.54, 1.807) is 7.11 Å². The number of hydrogen-bond donors (Lipinski definition) is 3. The van der Waals surface area contributed by atoms with Gasteiger partial charge in [0.25, 0.3) is 5.91 Å². The molecule has 1 heterocycles. The molecule has 0 saturated carbocycles. The largest absolute Gasteiger partial charge is 0.385 e. The van der Waals surface area contributed by atoms with Crippen molar-refractivity contribution in [1.82, 2.24) is 4.37 Å². The lowest BCUT2D eigenvalue weighted by molar-refractivity contribution is 0.100. The van der Waals surface area contributed by atoms with Crippen LogP contribution in [0.3, 0.4) is 0 Å². The summed E-state index contributed by atoms with van der Waals surface area (Å²) in [5.74, 6) is -0.383. The van der Waals surface area contributed by atoms with Crippen LogP contribution in [-0.2, 0) is 4.74 Å². The number of hydrogen-bond acceptors (Lipinski definition) is 6. The highest BCUT2D eigenvalue weighted by Crippen LogP contribution is 2.26. The predicted molar refractivity (Wildman–Crippen MR) is 64.6 cm³/mol. The second-order valence-corrected chi connectivity index (χ2v) is 4.24. The molecule has 1 unspecified atom stereocenters. The minimum atomic E-state index is -0.562. The van der Waals surface area contributed by atoms with Crippen LogP contribution in [0.5, 0.6) is 0 Å². The number of amides is 1. The van der Waals surface area contributed by atoms with E-state index in [0.29, 0.717) is 11.6 Å². The molecular formula is C9H16N4O2S. The van der Waals surface area contributed by atoms with E-state index >= 15 is 0 Å². The molecule has 1 atom stereocenters. The molecule has 0 aliphatic rings. The molecule has 1 aromatic rings. The molecular weight excluding hydrogens is 228 g/mol. The van der Waals surface area contributed by atoms with Gasteiger partial charge in [-0.15, -0.1) is 0 Å². The molecule has 1 amide bonds. The molecule has 90 valence electrons. The van der Waals surface area contributed by atoms with E-state index < -0.39 is 5.91 Å². The van der Waals surface area contributed by atoms with Crippen molar-refractivity contribution < 1.29 is 9.53 Å². The number of carbonyl (C=O) groups is 1. The molecule has 0 bridgehead atoms. The van der Waals surface area contributed by atoms with Crippen LogP contribution in [0.4, 0.5) is 10.8 Å². The van der Waals surface area contributed by atoms with Crippen LogP contribution in [0.1, 0.15) is 23.7 Å². The van der Waals surface area contributed by atoms with Gasteiger partial charge in [-0.1, -0.05) is 0 Å². The van der Waals surface area contributed by atoms with E-state index in [1.807, 2.05) is 6.92 Å². The van der Waals surface area contributed by atoms with Gasteiger partial charge in [0.15, 0.2) is 5.82 Å². The molecule has 1 aromatic heterocycles. The summed E-state index contributed by atoms with van der Waals surface area (Å²) in [6.45, 7) is 2.63. The Hall–Kier alpha value is -1.34. The summed E-state index contributed by atoms with van der Waals surface area (Å²) in [5, 5.41) is 3.76. The van der Waals surface area contributed by atoms with Gasteiger partial charge in [0.1, 0.15) is 10.6 Å². The molecule has 0 aromatic carbocycles.